The quantitative estimate of drug-likeness (QED) is 0.850. The van der Waals surface area contributed by atoms with Gasteiger partial charge < -0.3 is 10.0 Å². The highest BCUT2D eigenvalue weighted by molar-refractivity contribution is 5.77. The van der Waals surface area contributed by atoms with Gasteiger partial charge in [-0.3, -0.25) is 4.79 Å². The maximum Gasteiger partial charge on any atom is 0.225 e. The van der Waals surface area contributed by atoms with Gasteiger partial charge in [-0.25, -0.2) is 13.2 Å². The summed E-state index contributed by atoms with van der Waals surface area (Å²) in [5.74, 6) is -4.56. The van der Waals surface area contributed by atoms with E-state index in [4.69, 9.17) is 0 Å². The minimum Gasteiger partial charge on any atom is -0.385 e. The molecule has 0 heterocycles. The number of aliphatic hydroxyl groups is 1. The molecule has 1 unspecified atom stereocenters. The van der Waals surface area contributed by atoms with E-state index < -0.39 is 29.0 Å². The summed E-state index contributed by atoms with van der Waals surface area (Å²) in [6, 6.07) is 10.4. The van der Waals surface area contributed by atoms with Crippen LogP contribution in [0.4, 0.5) is 13.2 Å². The van der Waals surface area contributed by atoms with E-state index in [-0.39, 0.29) is 18.5 Å². The molecule has 0 bridgehead atoms. The van der Waals surface area contributed by atoms with Crippen molar-refractivity contribution in [2.75, 3.05) is 7.05 Å². The molecule has 1 atom stereocenters. The first-order chi connectivity index (χ1) is 11.2. The fourth-order valence-electron chi connectivity index (χ4n) is 2.39. The van der Waals surface area contributed by atoms with Crippen LogP contribution in [0.15, 0.2) is 42.5 Å². The maximum atomic E-state index is 13.2. The monoisotopic (exact) mass is 337 g/mol. The lowest BCUT2D eigenvalue weighted by Crippen LogP contribution is -2.34. The Balaban J connectivity index is 2.07. The van der Waals surface area contributed by atoms with Crippen molar-refractivity contribution in [2.24, 2.45) is 0 Å². The lowest BCUT2D eigenvalue weighted by atomic mass is 9.92. The molecule has 24 heavy (non-hydrogen) atoms. The third-order valence-electron chi connectivity index (χ3n) is 3.78. The standard InChI is InChI=1S/C18H18F3NO2/c1-18(24,13-6-4-3-5-7-13)10-16(23)22(2)11-12-8-14(19)17(21)15(20)9-12/h3-9,24H,10-11H2,1-2H3. The van der Waals surface area contributed by atoms with Gasteiger partial charge in [0, 0.05) is 13.6 Å². The first-order valence-electron chi connectivity index (χ1n) is 7.36. The van der Waals surface area contributed by atoms with Crippen LogP contribution in [0.1, 0.15) is 24.5 Å². The van der Waals surface area contributed by atoms with Gasteiger partial charge >= 0.3 is 0 Å². The predicted molar refractivity (Wildman–Crippen MR) is 83.4 cm³/mol. The van der Waals surface area contributed by atoms with Crippen molar-refractivity contribution in [3.8, 4) is 0 Å². The first-order valence-corrected chi connectivity index (χ1v) is 7.36. The molecular formula is C18H18F3NO2. The lowest BCUT2D eigenvalue weighted by molar-refractivity contribution is -0.135. The molecule has 0 aromatic heterocycles. The molecule has 0 aliphatic carbocycles. The second kappa shape index (κ2) is 7.05. The van der Waals surface area contributed by atoms with E-state index in [1.165, 1.54) is 18.9 Å². The predicted octanol–water partition coefficient (Wildman–Crippen LogP) is 3.36. The Morgan fingerprint density at radius 2 is 1.67 bits per heavy atom. The molecule has 0 aliphatic rings. The topological polar surface area (TPSA) is 40.5 Å². The van der Waals surface area contributed by atoms with E-state index in [0.29, 0.717) is 5.56 Å². The van der Waals surface area contributed by atoms with Crippen LogP contribution in [0.5, 0.6) is 0 Å². The third kappa shape index (κ3) is 4.14. The van der Waals surface area contributed by atoms with Crippen LogP contribution in [-0.2, 0) is 16.9 Å². The van der Waals surface area contributed by atoms with Crippen LogP contribution in [0.25, 0.3) is 0 Å². The van der Waals surface area contributed by atoms with Gasteiger partial charge in [0.15, 0.2) is 17.5 Å². The molecule has 0 saturated carbocycles. The molecule has 128 valence electrons. The SMILES string of the molecule is CN(Cc1cc(F)c(F)c(F)c1)C(=O)CC(C)(O)c1ccccc1. The molecule has 0 aliphatic heterocycles. The Bertz CT molecular complexity index is 709. The van der Waals surface area contributed by atoms with E-state index in [1.807, 2.05) is 0 Å². The highest BCUT2D eigenvalue weighted by Crippen LogP contribution is 2.25. The Morgan fingerprint density at radius 3 is 2.21 bits per heavy atom. The summed E-state index contributed by atoms with van der Waals surface area (Å²) in [5, 5.41) is 10.5. The molecule has 3 nitrogen and oxygen atoms in total. The number of rotatable bonds is 5. The van der Waals surface area contributed by atoms with Crippen LogP contribution < -0.4 is 0 Å². The fourth-order valence-corrected chi connectivity index (χ4v) is 2.39. The second-order valence-corrected chi connectivity index (χ2v) is 5.94. The number of carbonyl (C=O) groups excluding carboxylic acids is 1. The van der Waals surface area contributed by atoms with E-state index in [1.54, 1.807) is 30.3 Å². The molecule has 2 aromatic carbocycles. The van der Waals surface area contributed by atoms with Gasteiger partial charge in [-0.2, -0.15) is 0 Å². The molecule has 0 radical (unpaired) electrons. The van der Waals surface area contributed by atoms with Crippen molar-refractivity contribution in [3.05, 3.63) is 71.0 Å². The largest absolute Gasteiger partial charge is 0.385 e. The van der Waals surface area contributed by atoms with E-state index in [0.717, 1.165) is 12.1 Å². The van der Waals surface area contributed by atoms with E-state index in [9.17, 15) is 23.1 Å². The number of carbonyl (C=O) groups is 1. The smallest absolute Gasteiger partial charge is 0.225 e. The molecule has 0 saturated heterocycles. The summed E-state index contributed by atoms with van der Waals surface area (Å²) in [5.41, 5.74) is -0.654. The number of benzene rings is 2. The highest BCUT2D eigenvalue weighted by Gasteiger charge is 2.28. The Hall–Kier alpha value is -2.34. The van der Waals surface area contributed by atoms with Gasteiger partial charge in [0.05, 0.1) is 12.0 Å². The summed E-state index contributed by atoms with van der Waals surface area (Å²) in [6.07, 6.45) is -0.195. The second-order valence-electron chi connectivity index (χ2n) is 5.94. The zero-order valence-electron chi connectivity index (χ0n) is 13.4. The molecule has 0 fully saturated rings. The van der Waals surface area contributed by atoms with Crippen molar-refractivity contribution in [3.63, 3.8) is 0 Å². The molecule has 1 N–H and O–H groups in total. The lowest BCUT2D eigenvalue weighted by Gasteiger charge is -2.26. The molecule has 0 spiro atoms. The van der Waals surface area contributed by atoms with Crippen molar-refractivity contribution in [1.82, 2.24) is 4.90 Å². The minimum absolute atomic E-state index is 0.0994. The normalized spacial score (nSPS) is 13.4. The highest BCUT2D eigenvalue weighted by atomic mass is 19.2. The summed E-state index contributed by atoms with van der Waals surface area (Å²) < 4.78 is 39.4. The molecule has 2 rings (SSSR count). The van der Waals surface area contributed by atoms with Crippen molar-refractivity contribution in [1.29, 1.82) is 0 Å². The van der Waals surface area contributed by atoms with Gasteiger partial charge in [0.25, 0.3) is 0 Å². The van der Waals surface area contributed by atoms with E-state index >= 15 is 0 Å². The van der Waals surface area contributed by atoms with Crippen LogP contribution in [0, 0.1) is 17.5 Å². The summed E-state index contributed by atoms with van der Waals surface area (Å²) in [7, 11) is 1.45. The summed E-state index contributed by atoms with van der Waals surface area (Å²) >= 11 is 0. The zero-order chi connectivity index (χ0) is 17.9. The van der Waals surface area contributed by atoms with Crippen molar-refractivity contribution in [2.45, 2.75) is 25.5 Å². The average molecular weight is 337 g/mol. The van der Waals surface area contributed by atoms with Gasteiger partial charge in [0.1, 0.15) is 0 Å². The number of halogens is 3. The van der Waals surface area contributed by atoms with Crippen molar-refractivity contribution < 1.29 is 23.1 Å². The first kappa shape index (κ1) is 18.0. The van der Waals surface area contributed by atoms with Gasteiger partial charge in [0.2, 0.25) is 5.91 Å². The Kier molecular flexibility index (Phi) is 5.29. The summed E-state index contributed by atoms with van der Waals surface area (Å²) in [6.45, 7) is 1.42. The summed E-state index contributed by atoms with van der Waals surface area (Å²) in [4.78, 5) is 13.5. The number of hydrogen-bond donors (Lipinski definition) is 1. The zero-order valence-corrected chi connectivity index (χ0v) is 13.4. The fraction of sp³-hybridized carbons (Fsp3) is 0.278. The minimum atomic E-state index is -1.54. The Labute approximate surface area is 138 Å². The van der Waals surface area contributed by atoms with Crippen LogP contribution in [0.3, 0.4) is 0 Å². The van der Waals surface area contributed by atoms with Gasteiger partial charge in [-0.05, 0) is 30.2 Å². The number of nitrogens with zero attached hydrogens (tertiary/aromatic N) is 1. The Morgan fingerprint density at radius 1 is 1.12 bits per heavy atom. The van der Waals surface area contributed by atoms with Crippen LogP contribution >= 0.6 is 0 Å². The van der Waals surface area contributed by atoms with Crippen LogP contribution in [0.2, 0.25) is 0 Å². The maximum absolute atomic E-state index is 13.2. The number of amides is 1. The van der Waals surface area contributed by atoms with Gasteiger partial charge in [-0.1, -0.05) is 30.3 Å². The molecule has 2 aromatic rings. The van der Waals surface area contributed by atoms with Crippen molar-refractivity contribution >= 4 is 5.91 Å². The average Bonchev–Trinajstić information content (AvgIpc) is 2.53. The molecule has 6 heteroatoms. The van der Waals surface area contributed by atoms with E-state index in [2.05, 4.69) is 0 Å². The van der Waals surface area contributed by atoms with Crippen LogP contribution in [-0.4, -0.2) is 23.0 Å². The van der Waals surface area contributed by atoms with Gasteiger partial charge in [-0.15, -0.1) is 0 Å². The molecular weight excluding hydrogens is 319 g/mol. The third-order valence-corrected chi connectivity index (χ3v) is 3.78. The number of hydrogen-bond acceptors (Lipinski definition) is 2. The molecule has 1 amide bonds.